The largest absolute Gasteiger partial charge is 0.325 e. The van der Waals surface area contributed by atoms with E-state index in [4.69, 9.17) is 0 Å². The summed E-state index contributed by atoms with van der Waals surface area (Å²) in [4.78, 5) is 14.4. The molecule has 3 heteroatoms. The summed E-state index contributed by atoms with van der Waals surface area (Å²) >= 11 is 0. The molecule has 0 aliphatic carbocycles. The standard InChI is InChI=1S/C17H26N2O/c1-3-14-10-9-11-15(4-2)16(14)18-17(20)19-12-7-5-6-8-13-19/h9-11H,3-8,12-13H2,1-2H3,(H,18,20). The lowest BCUT2D eigenvalue weighted by Crippen LogP contribution is -2.36. The molecule has 0 saturated carbocycles. The Morgan fingerprint density at radius 1 is 1.05 bits per heavy atom. The average molecular weight is 274 g/mol. The van der Waals surface area contributed by atoms with Crippen molar-refractivity contribution >= 4 is 11.7 Å². The number of likely N-dealkylation sites (tertiary alicyclic amines) is 1. The Labute approximate surface area is 122 Å². The molecule has 0 unspecified atom stereocenters. The third kappa shape index (κ3) is 3.53. The minimum absolute atomic E-state index is 0.0718. The number of nitrogens with one attached hydrogen (secondary N) is 1. The van der Waals surface area contributed by atoms with Crippen LogP contribution in [0.4, 0.5) is 10.5 Å². The maximum absolute atomic E-state index is 12.5. The number of urea groups is 1. The van der Waals surface area contributed by atoms with E-state index < -0.39 is 0 Å². The number of carbonyl (C=O) groups excluding carboxylic acids is 1. The Bertz CT molecular complexity index is 426. The first-order chi connectivity index (χ1) is 9.76. The van der Waals surface area contributed by atoms with Crippen molar-refractivity contribution in [3.63, 3.8) is 0 Å². The van der Waals surface area contributed by atoms with Gasteiger partial charge in [-0.3, -0.25) is 0 Å². The van der Waals surface area contributed by atoms with Crippen molar-refractivity contribution in [1.82, 2.24) is 4.90 Å². The third-order valence-electron chi connectivity index (χ3n) is 4.12. The molecule has 0 aromatic heterocycles. The van der Waals surface area contributed by atoms with Crippen molar-refractivity contribution in [3.05, 3.63) is 29.3 Å². The quantitative estimate of drug-likeness (QED) is 0.879. The van der Waals surface area contributed by atoms with Crippen molar-refractivity contribution in [2.75, 3.05) is 18.4 Å². The van der Waals surface area contributed by atoms with Gasteiger partial charge in [0.2, 0.25) is 0 Å². The minimum Gasteiger partial charge on any atom is -0.325 e. The van der Waals surface area contributed by atoms with Crippen molar-refractivity contribution in [2.45, 2.75) is 52.4 Å². The lowest BCUT2D eigenvalue weighted by Gasteiger charge is -2.23. The summed E-state index contributed by atoms with van der Waals surface area (Å²) in [6.45, 7) is 6.05. The second-order valence-corrected chi connectivity index (χ2v) is 5.49. The first kappa shape index (κ1) is 14.9. The topological polar surface area (TPSA) is 32.3 Å². The zero-order chi connectivity index (χ0) is 14.4. The highest BCUT2D eigenvalue weighted by Crippen LogP contribution is 2.23. The van der Waals surface area contributed by atoms with Gasteiger partial charge in [-0.15, -0.1) is 0 Å². The summed E-state index contributed by atoms with van der Waals surface area (Å²) < 4.78 is 0. The number of hydrogen-bond acceptors (Lipinski definition) is 1. The van der Waals surface area contributed by atoms with Crippen LogP contribution >= 0.6 is 0 Å². The number of para-hydroxylation sites is 1. The van der Waals surface area contributed by atoms with Crippen molar-refractivity contribution in [3.8, 4) is 0 Å². The summed E-state index contributed by atoms with van der Waals surface area (Å²) in [6.07, 6.45) is 6.64. The van der Waals surface area contributed by atoms with Gasteiger partial charge in [0.15, 0.2) is 0 Å². The van der Waals surface area contributed by atoms with Gasteiger partial charge >= 0.3 is 6.03 Å². The predicted molar refractivity (Wildman–Crippen MR) is 84.3 cm³/mol. The van der Waals surface area contributed by atoms with Crippen LogP contribution in [0.25, 0.3) is 0 Å². The first-order valence-electron chi connectivity index (χ1n) is 7.93. The fraction of sp³-hybridized carbons (Fsp3) is 0.588. The number of hydrogen-bond donors (Lipinski definition) is 1. The number of rotatable bonds is 3. The monoisotopic (exact) mass is 274 g/mol. The summed E-state index contributed by atoms with van der Waals surface area (Å²) in [7, 11) is 0. The summed E-state index contributed by atoms with van der Waals surface area (Å²) in [5.74, 6) is 0. The number of carbonyl (C=O) groups is 1. The van der Waals surface area contributed by atoms with Crippen LogP contribution in [0, 0.1) is 0 Å². The molecule has 1 N–H and O–H groups in total. The Morgan fingerprint density at radius 3 is 2.10 bits per heavy atom. The molecule has 1 aromatic carbocycles. The highest BCUT2D eigenvalue weighted by Gasteiger charge is 2.17. The van der Waals surface area contributed by atoms with Crippen LogP contribution in [0.2, 0.25) is 0 Å². The van der Waals surface area contributed by atoms with Gasteiger partial charge in [0.1, 0.15) is 0 Å². The normalized spacial score (nSPS) is 15.8. The van der Waals surface area contributed by atoms with Gasteiger partial charge in [-0.25, -0.2) is 4.79 Å². The molecule has 1 aliphatic rings. The van der Waals surface area contributed by atoms with E-state index in [1.807, 2.05) is 4.90 Å². The smallest absolute Gasteiger partial charge is 0.321 e. The number of nitrogens with zero attached hydrogens (tertiary/aromatic N) is 1. The molecule has 0 atom stereocenters. The van der Waals surface area contributed by atoms with E-state index in [0.717, 1.165) is 44.5 Å². The molecule has 20 heavy (non-hydrogen) atoms. The van der Waals surface area contributed by atoms with Crippen molar-refractivity contribution in [1.29, 1.82) is 0 Å². The molecular weight excluding hydrogens is 248 g/mol. The van der Waals surface area contributed by atoms with Crippen molar-refractivity contribution < 1.29 is 4.79 Å². The maximum Gasteiger partial charge on any atom is 0.321 e. The van der Waals surface area contributed by atoms with Gasteiger partial charge in [-0.1, -0.05) is 44.9 Å². The van der Waals surface area contributed by atoms with Crippen LogP contribution < -0.4 is 5.32 Å². The average Bonchev–Trinajstić information content (AvgIpc) is 2.76. The maximum atomic E-state index is 12.5. The van der Waals surface area contributed by atoms with Crippen LogP contribution in [0.15, 0.2) is 18.2 Å². The molecule has 0 bridgehead atoms. The van der Waals surface area contributed by atoms with Gasteiger partial charge in [0, 0.05) is 18.8 Å². The van der Waals surface area contributed by atoms with Crippen LogP contribution in [-0.4, -0.2) is 24.0 Å². The third-order valence-corrected chi connectivity index (χ3v) is 4.12. The molecule has 0 spiro atoms. The van der Waals surface area contributed by atoms with E-state index in [9.17, 15) is 4.79 Å². The zero-order valence-electron chi connectivity index (χ0n) is 12.7. The van der Waals surface area contributed by atoms with Gasteiger partial charge in [0.05, 0.1) is 0 Å². The molecule has 3 nitrogen and oxygen atoms in total. The number of benzene rings is 1. The van der Waals surface area contributed by atoms with E-state index in [2.05, 4.69) is 37.4 Å². The van der Waals surface area contributed by atoms with E-state index >= 15 is 0 Å². The second-order valence-electron chi connectivity index (χ2n) is 5.49. The van der Waals surface area contributed by atoms with E-state index in [1.165, 1.54) is 24.0 Å². The van der Waals surface area contributed by atoms with Gasteiger partial charge in [-0.05, 0) is 36.8 Å². The highest BCUT2D eigenvalue weighted by atomic mass is 16.2. The highest BCUT2D eigenvalue weighted by molar-refractivity contribution is 5.91. The van der Waals surface area contributed by atoms with Crippen LogP contribution in [-0.2, 0) is 12.8 Å². The van der Waals surface area contributed by atoms with Gasteiger partial charge in [-0.2, -0.15) is 0 Å². The molecule has 2 amide bonds. The molecule has 2 rings (SSSR count). The fourth-order valence-electron chi connectivity index (χ4n) is 2.86. The van der Waals surface area contributed by atoms with Crippen molar-refractivity contribution in [2.24, 2.45) is 0 Å². The SMILES string of the molecule is CCc1cccc(CC)c1NC(=O)N1CCCCCC1. The minimum atomic E-state index is 0.0718. The molecule has 1 aromatic rings. The Morgan fingerprint density at radius 2 is 1.60 bits per heavy atom. The second kappa shape index (κ2) is 7.32. The van der Waals surface area contributed by atoms with E-state index in [-0.39, 0.29) is 6.03 Å². The Balaban J connectivity index is 2.13. The Hall–Kier alpha value is -1.51. The number of anilines is 1. The van der Waals surface area contributed by atoms with Gasteiger partial charge < -0.3 is 10.2 Å². The molecule has 0 radical (unpaired) electrons. The summed E-state index contributed by atoms with van der Waals surface area (Å²) in [5, 5.41) is 3.17. The molecule has 1 fully saturated rings. The van der Waals surface area contributed by atoms with E-state index in [0.29, 0.717) is 0 Å². The Kier molecular flexibility index (Phi) is 5.45. The van der Waals surface area contributed by atoms with Crippen LogP contribution in [0.1, 0.15) is 50.7 Å². The van der Waals surface area contributed by atoms with Gasteiger partial charge in [0.25, 0.3) is 0 Å². The fourth-order valence-corrected chi connectivity index (χ4v) is 2.86. The molecule has 1 aliphatic heterocycles. The molecular formula is C17H26N2O. The van der Waals surface area contributed by atoms with E-state index in [1.54, 1.807) is 0 Å². The molecule has 1 saturated heterocycles. The zero-order valence-corrected chi connectivity index (χ0v) is 12.7. The lowest BCUT2D eigenvalue weighted by molar-refractivity contribution is 0.213. The number of aryl methyl sites for hydroxylation is 2. The van der Waals surface area contributed by atoms with Crippen LogP contribution in [0.3, 0.4) is 0 Å². The number of amides is 2. The molecule has 1 heterocycles. The summed E-state index contributed by atoms with van der Waals surface area (Å²) in [5.41, 5.74) is 3.49. The van der Waals surface area contributed by atoms with Crippen LogP contribution in [0.5, 0.6) is 0 Å². The lowest BCUT2D eigenvalue weighted by atomic mass is 10.0. The molecule has 110 valence electrons. The first-order valence-corrected chi connectivity index (χ1v) is 7.93. The summed E-state index contributed by atoms with van der Waals surface area (Å²) in [6, 6.07) is 6.37. The predicted octanol–water partition coefficient (Wildman–Crippen LogP) is 4.22.